The molecule has 186 valence electrons. The molecule has 0 saturated carbocycles. The van der Waals surface area contributed by atoms with Crippen molar-refractivity contribution >= 4 is 21.7 Å². The van der Waals surface area contributed by atoms with Crippen molar-refractivity contribution in [3.05, 3.63) is 48.0 Å². The van der Waals surface area contributed by atoms with Crippen molar-refractivity contribution < 1.29 is 27.4 Å². The largest absolute Gasteiger partial charge is 0.464 e. The molecule has 1 saturated heterocycles. The number of esters is 1. The molecule has 0 aliphatic carbocycles. The Bertz CT molecular complexity index is 1120. The molecule has 0 bridgehead atoms. The molecule has 34 heavy (non-hydrogen) atoms. The number of carbonyl (C=O) groups excluding carboxylic acids is 1. The van der Waals surface area contributed by atoms with Gasteiger partial charge in [0, 0.05) is 30.6 Å². The first-order valence-corrected chi connectivity index (χ1v) is 13.2. The van der Waals surface area contributed by atoms with Gasteiger partial charge in [0.15, 0.2) is 0 Å². The van der Waals surface area contributed by atoms with E-state index < -0.39 is 16.3 Å². The molecule has 0 spiro atoms. The van der Waals surface area contributed by atoms with Gasteiger partial charge in [-0.05, 0) is 48.1 Å². The third-order valence-corrected chi connectivity index (χ3v) is 7.01. The maximum Gasteiger partial charge on any atom is 0.302 e. The van der Waals surface area contributed by atoms with Crippen molar-refractivity contribution in [1.82, 2.24) is 0 Å². The number of nitrogens with two attached hydrogens (primary N) is 1. The van der Waals surface area contributed by atoms with E-state index in [0.29, 0.717) is 18.0 Å². The second-order valence-corrected chi connectivity index (χ2v) is 10.7. The summed E-state index contributed by atoms with van der Waals surface area (Å²) < 4.78 is 43.9. The third-order valence-electron chi connectivity index (χ3n) is 6.40. The van der Waals surface area contributed by atoms with E-state index in [1.807, 2.05) is 31.2 Å². The summed E-state index contributed by atoms with van der Waals surface area (Å²) in [7, 11) is -3.41. The molecule has 3 N–H and O–H groups in total. The van der Waals surface area contributed by atoms with E-state index >= 15 is 0 Å². The number of hydrogen-bond donors (Lipinski definition) is 2. The average Bonchev–Trinajstić information content (AvgIpc) is 2.74. The summed E-state index contributed by atoms with van der Waals surface area (Å²) in [5.74, 6) is 0.497. The van der Waals surface area contributed by atoms with E-state index in [-0.39, 0.29) is 36.4 Å². The summed E-state index contributed by atoms with van der Waals surface area (Å²) in [5, 5.41) is 0. The van der Waals surface area contributed by atoms with Gasteiger partial charge >= 0.3 is 5.97 Å². The van der Waals surface area contributed by atoms with Crippen molar-refractivity contribution in [2.75, 3.05) is 24.1 Å². The second kappa shape index (κ2) is 10.8. The van der Waals surface area contributed by atoms with Crippen molar-refractivity contribution in [2.24, 2.45) is 23.5 Å². The Kier molecular flexibility index (Phi) is 8.22. The maximum atomic E-state index is 11.7. The van der Waals surface area contributed by atoms with Crippen LogP contribution in [0.4, 0.5) is 5.69 Å². The van der Waals surface area contributed by atoms with Gasteiger partial charge in [0.25, 0.3) is 0 Å². The number of sulfonamides is 1. The predicted octanol–water partition coefficient (Wildman–Crippen LogP) is 3.55. The number of anilines is 1. The molecule has 1 aliphatic heterocycles. The summed E-state index contributed by atoms with van der Waals surface area (Å²) in [6.45, 7) is 8.05. The summed E-state index contributed by atoms with van der Waals surface area (Å²) in [4.78, 5) is 11.3. The van der Waals surface area contributed by atoms with E-state index in [9.17, 15) is 13.2 Å². The monoisotopic (exact) mass is 490 g/mol. The van der Waals surface area contributed by atoms with Gasteiger partial charge in [-0.1, -0.05) is 38.1 Å². The fourth-order valence-electron chi connectivity index (χ4n) is 4.39. The van der Waals surface area contributed by atoms with Crippen molar-refractivity contribution in [3.63, 3.8) is 0 Å². The molecular formula is C25H34N2O6S. The van der Waals surface area contributed by atoms with Gasteiger partial charge in [-0.3, -0.25) is 9.52 Å². The Morgan fingerprint density at radius 3 is 2.50 bits per heavy atom. The molecule has 9 heteroatoms. The molecular weight excluding hydrogens is 456 g/mol. The fraction of sp³-hybridized carbons (Fsp3) is 0.480. The first kappa shape index (κ1) is 26.0. The molecule has 0 aromatic heterocycles. The highest BCUT2D eigenvalue weighted by atomic mass is 32.2. The smallest absolute Gasteiger partial charge is 0.302 e. The van der Waals surface area contributed by atoms with Crippen LogP contribution < -0.4 is 15.2 Å². The van der Waals surface area contributed by atoms with Crippen LogP contribution >= 0.6 is 0 Å². The van der Waals surface area contributed by atoms with E-state index in [4.69, 9.17) is 19.9 Å². The molecule has 3 rings (SSSR count). The Morgan fingerprint density at radius 1 is 1.15 bits per heavy atom. The van der Waals surface area contributed by atoms with Gasteiger partial charge in [-0.2, -0.15) is 0 Å². The number of carbonyl (C=O) groups is 1. The van der Waals surface area contributed by atoms with Gasteiger partial charge in [-0.25, -0.2) is 8.42 Å². The zero-order valence-electron chi connectivity index (χ0n) is 20.3. The lowest BCUT2D eigenvalue weighted by molar-refractivity contribution is -0.224. The van der Waals surface area contributed by atoms with Gasteiger partial charge in [0.1, 0.15) is 12.4 Å². The summed E-state index contributed by atoms with van der Waals surface area (Å²) in [5.41, 5.74) is 9.18. The van der Waals surface area contributed by atoms with Crippen molar-refractivity contribution in [2.45, 2.75) is 40.1 Å². The lowest BCUT2D eigenvalue weighted by Gasteiger charge is -2.44. The minimum absolute atomic E-state index is 0.0600. The fourth-order valence-corrected chi connectivity index (χ4v) is 4.95. The van der Waals surface area contributed by atoms with Crippen LogP contribution in [0.2, 0.25) is 0 Å². The second-order valence-electron chi connectivity index (χ2n) is 8.98. The summed E-state index contributed by atoms with van der Waals surface area (Å²) in [6.07, 6.45) is 0.168. The zero-order valence-corrected chi connectivity index (χ0v) is 21.1. The van der Waals surface area contributed by atoms with Gasteiger partial charge < -0.3 is 19.9 Å². The number of hydrogen-bond acceptors (Lipinski definition) is 7. The molecule has 0 amide bonds. The van der Waals surface area contributed by atoms with E-state index in [1.54, 1.807) is 18.2 Å². The van der Waals surface area contributed by atoms with Crippen LogP contribution in [0.1, 0.15) is 26.3 Å². The standard InChI is InChI=1S/C25H34N2O6S/c1-15-8-6-11-22(24(15)19-9-7-10-20(12-19)27-34(5,29)30)32-25-21(13-26)16(2)17(3)23(33-25)14-31-18(4)28/h6-12,16-17,21,23,25,27H,13-14,26H2,1-5H3/t16-,17+,21?,23?,25+/m0/s1. The third kappa shape index (κ3) is 6.28. The van der Waals surface area contributed by atoms with E-state index in [1.165, 1.54) is 6.92 Å². The molecule has 1 heterocycles. The van der Waals surface area contributed by atoms with Crippen LogP contribution in [0.5, 0.6) is 5.75 Å². The highest BCUT2D eigenvalue weighted by Gasteiger charge is 2.42. The molecule has 5 atom stereocenters. The zero-order chi connectivity index (χ0) is 25.0. The molecule has 1 aliphatic rings. The highest BCUT2D eigenvalue weighted by Crippen LogP contribution is 2.40. The SMILES string of the molecule is CC(=O)OCC1O[C@@H](Oc2cccc(C)c2-c2cccc(NS(C)(=O)=O)c2)C(CN)[C@@H](C)[C@H]1C. The van der Waals surface area contributed by atoms with Crippen LogP contribution in [0.25, 0.3) is 11.1 Å². The highest BCUT2D eigenvalue weighted by molar-refractivity contribution is 7.92. The van der Waals surface area contributed by atoms with Gasteiger partial charge in [-0.15, -0.1) is 0 Å². The molecule has 2 aromatic rings. The quantitative estimate of drug-likeness (QED) is 0.544. The Hall–Kier alpha value is -2.62. The topological polar surface area (TPSA) is 117 Å². The molecule has 0 radical (unpaired) electrons. The van der Waals surface area contributed by atoms with Crippen LogP contribution in [0.15, 0.2) is 42.5 Å². The first-order chi connectivity index (χ1) is 16.0. The van der Waals surface area contributed by atoms with Gasteiger partial charge in [0.2, 0.25) is 16.3 Å². The molecule has 2 unspecified atom stereocenters. The van der Waals surface area contributed by atoms with Crippen LogP contribution in [0.3, 0.4) is 0 Å². The normalized spacial score (nSPS) is 24.9. The number of nitrogens with one attached hydrogen (secondary N) is 1. The van der Waals surface area contributed by atoms with Crippen LogP contribution in [0, 0.1) is 24.7 Å². The van der Waals surface area contributed by atoms with Crippen LogP contribution in [-0.4, -0.2) is 46.2 Å². The maximum absolute atomic E-state index is 11.7. The minimum Gasteiger partial charge on any atom is -0.464 e. The summed E-state index contributed by atoms with van der Waals surface area (Å²) in [6, 6.07) is 12.9. The number of benzene rings is 2. The summed E-state index contributed by atoms with van der Waals surface area (Å²) >= 11 is 0. The van der Waals surface area contributed by atoms with Gasteiger partial charge in [0.05, 0.1) is 12.4 Å². The van der Waals surface area contributed by atoms with E-state index in [2.05, 4.69) is 18.6 Å². The predicted molar refractivity (Wildman–Crippen MR) is 132 cm³/mol. The Morgan fingerprint density at radius 2 is 1.85 bits per heavy atom. The average molecular weight is 491 g/mol. The molecule has 1 fully saturated rings. The lowest BCUT2D eigenvalue weighted by atomic mass is 9.78. The Balaban J connectivity index is 1.94. The van der Waals surface area contributed by atoms with E-state index in [0.717, 1.165) is 22.9 Å². The molecule has 2 aromatic carbocycles. The Labute approximate surface area is 201 Å². The van der Waals surface area contributed by atoms with Crippen molar-refractivity contribution in [3.8, 4) is 16.9 Å². The first-order valence-electron chi connectivity index (χ1n) is 11.3. The van der Waals surface area contributed by atoms with Crippen molar-refractivity contribution in [1.29, 1.82) is 0 Å². The number of ether oxygens (including phenoxy) is 3. The minimum atomic E-state index is -3.41. The number of aryl methyl sites for hydroxylation is 1. The lowest BCUT2D eigenvalue weighted by Crippen LogP contribution is -2.52. The van der Waals surface area contributed by atoms with Crippen LogP contribution in [-0.2, 0) is 24.3 Å². The number of rotatable bonds is 8. The molecule has 8 nitrogen and oxygen atoms in total.